The molecule has 0 saturated heterocycles. The lowest BCUT2D eigenvalue weighted by Crippen LogP contribution is -2.06. The fourth-order valence-corrected chi connectivity index (χ4v) is 1.80. The van der Waals surface area contributed by atoms with E-state index in [2.05, 4.69) is 15.1 Å². The molecule has 82 valence electrons. The first kappa shape index (κ1) is 9.33. The van der Waals surface area contributed by atoms with E-state index in [4.69, 9.17) is 4.74 Å². The van der Waals surface area contributed by atoms with Crippen molar-refractivity contribution < 1.29 is 4.74 Å². The molecule has 2 heterocycles. The summed E-state index contributed by atoms with van der Waals surface area (Å²) in [6.45, 7) is 0. The molecule has 0 spiro atoms. The Morgan fingerprint density at radius 1 is 1.38 bits per heavy atom. The Morgan fingerprint density at radius 2 is 2.25 bits per heavy atom. The van der Waals surface area contributed by atoms with Crippen molar-refractivity contribution in [3.05, 3.63) is 30.5 Å². The van der Waals surface area contributed by atoms with Crippen molar-refractivity contribution in [3.8, 4) is 11.6 Å². The van der Waals surface area contributed by atoms with E-state index in [0.717, 1.165) is 11.4 Å². The molecular weight excluding hydrogens is 204 g/mol. The summed E-state index contributed by atoms with van der Waals surface area (Å²) in [6, 6.07) is 1.88. The van der Waals surface area contributed by atoms with Gasteiger partial charge in [0.1, 0.15) is 12.0 Å². The average Bonchev–Trinajstić information content (AvgIpc) is 3.04. The van der Waals surface area contributed by atoms with Crippen molar-refractivity contribution >= 4 is 0 Å². The van der Waals surface area contributed by atoms with Crippen molar-refractivity contribution in [2.75, 3.05) is 7.11 Å². The molecule has 0 atom stereocenters. The average molecular weight is 216 g/mol. The summed E-state index contributed by atoms with van der Waals surface area (Å²) in [5.74, 6) is 1.12. The fraction of sp³-hybridized carbons (Fsp3) is 0.364. The molecule has 5 heteroatoms. The van der Waals surface area contributed by atoms with Crippen LogP contribution in [0.5, 0.6) is 5.88 Å². The second-order valence-electron chi connectivity index (χ2n) is 3.84. The molecule has 0 aromatic carbocycles. The van der Waals surface area contributed by atoms with Crippen molar-refractivity contribution in [1.82, 2.24) is 19.7 Å². The van der Waals surface area contributed by atoms with Gasteiger partial charge in [0.15, 0.2) is 0 Å². The van der Waals surface area contributed by atoms with Crippen LogP contribution >= 0.6 is 0 Å². The van der Waals surface area contributed by atoms with Crippen LogP contribution in [0, 0.1) is 0 Å². The second kappa shape index (κ2) is 3.59. The van der Waals surface area contributed by atoms with Crippen LogP contribution in [0.3, 0.4) is 0 Å². The number of nitrogens with zero attached hydrogens (tertiary/aromatic N) is 4. The first-order valence-corrected chi connectivity index (χ1v) is 5.29. The van der Waals surface area contributed by atoms with Gasteiger partial charge in [-0.3, -0.25) is 0 Å². The minimum absolute atomic E-state index is 0.538. The summed E-state index contributed by atoms with van der Waals surface area (Å²) < 4.78 is 7.05. The molecule has 2 aromatic rings. The van der Waals surface area contributed by atoms with E-state index in [1.54, 1.807) is 24.3 Å². The van der Waals surface area contributed by atoms with Gasteiger partial charge in [-0.05, 0) is 18.9 Å². The lowest BCUT2D eigenvalue weighted by atomic mass is 10.2. The Labute approximate surface area is 93.1 Å². The minimum Gasteiger partial charge on any atom is -0.479 e. The normalized spacial score (nSPS) is 15.1. The maximum Gasteiger partial charge on any atom is 0.243 e. The number of methoxy groups -OCH3 is 1. The highest BCUT2D eigenvalue weighted by atomic mass is 16.5. The highest BCUT2D eigenvalue weighted by molar-refractivity contribution is 5.47. The summed E-state index contributed by atoms with van der Waals surface area (Å²) in [5, 5.41) is 4.22. The van der Waals surface area contributed by atoms with E-state index in [-0.39, 0.29) is 0 Å². The Hall–Kier alpha value is -1.91. The van der Waals surface area contributed by atoms with Crippen LogP contribution < -0.4 is 4.74 Å². The maximum atomic E-state index is 5.28. The van der Waals surface area contributed by atoms with Crippen molar-refractivity contribution in [2.45, 2.75) is 18.8 Å². The molecule has 0 N–H and O–H groups in total. The molecule has 1 saturated carbocycles. The summed E-state index contributed by atoms with van der Waals surface area (Å²) in [4.78, 5) is 8.48. The lowest BCUT2D eigenvalue weighted by molar-refractivity contribution is 0.392. The smallest absolute Gasteiger partial charge is 0.243 e. The zero-order valence-electron chi connectivity index (χ0n) is 9.00. The third-order valence-electron chi connectivity index (χ3n) is 2.71. The zero-order chi connectivity index (χ0) is 11.0. The predicted molar refractivity (Wildman–Crippen MR) is 57.7 cm³/mol. The number of hydrogen-bond donors (Lipinski definition) is 0. The Kier molecular flexibility index (Phi) is 2.09. The van der Waals surface area contributed by atoms with E-state index >= 15 is 0 Å². The number of aromatic nitrogens is 4. The van der Waals surface area contributed by atoms with Crippen LogP contribution in [0.15, 0.2) is 24.8 Å². The first-order chi connectivity index (χ1) is 7.90. The Balaban J connectivity index is 2.18. The molecule has 16 heavy (non-hydrogen) atoms. The third-order valence-corrected chi connectivity index (χ3v) is 2.71. The van der Waals surface area contributed by atoms with Crippen LogP contribution in [0.1, 0.15) is 24.5 Å². The molecule has 0 radical (unpaired) electrons. The van der Waals surface area contributed by atoms with E-state index in [1.165, 1.54) is 12.8 Å². The van der Waals surface area contributed by atoms with Crippen LogP contribution in [-0.4, -0.2) is 26.9 Å². The summed E-state index contributed by atoms with van der Waals surface area (Å²) >= 11 is 0. The topological polar surface area (TPSA) is 52.8 Å². The molecule has 3 rings (SSSR count). The zero-order valence-corrected chi connectivity index (χ0v) is 9.00. The molecular formula is C11H12N4O. The van der Waals surface area contributed by atoms with Gasteiger partial charge in [-0.2, -0.15) is 10.1 Å². The summed E-state index contributed by atoms with van der Waals surface area (Å²) in [7, 11) is 1.62. The molecule has 5 nitrogen and oxygen atoms in total. The number of hydrogen-bond acceptors (Lipinski definition) is 4. The number of ether oxygens (including phenoxy) is 1. The molecule has 1 aliphatic carbocycles. The number of rotatable bonds is 3. The summed E-state index contributed by atoms with van der Waals surface area (Å²) in [6.07, 6.45) is 7.55. The largest absolute Gasteiger partial charge is 0.479 e. The van der Waals surface area contributed by atoms with E-state index in [9.17, 15) is 0 Å². The summed E-state index contributed by atoms with van der Waals surface area (Å²) in [5.41, 5.74) is 1.91. The van der Waals surface area contributed by atoms with Crippen molar-refractivity contribution in [3.63, 3.8) is 0 Å². The maximum absolute atomic E-state index is 5.28. The van der Waals surface area contributed by atoms with Crippen LogP contribution in [-0.2, 0) is 0 Å². The van der Waals surface area contributed by atoms with Gasteiger partial charge in [-0.1, -0.05) is 0 Å². The Bertz CT molecular complexity index is 491. The van der Waals surface area contributed by atoms with Crippen molar-refractivity contribution in [1.29, 1.82) is 0 Å². The van der Waals surface area contributed by atoms with Crippen LogP contribution in [0.25, 0.3) is 5.69 Å². The third kappa shape index (κ3) is 1.44. The highest BCUT2D eigenvalue weighted by Crippen LogP contribution is 2.42. The van der Waals surface area contributed by atoms with Gasteiger partial charge in [-0.15, -0.1) is 0 Å². The van der Waals surface area contributed by atoms with Crippen molar-refractivity contribution in [2.24, 2.45) is 0 Å². The van der Waals surface area contributed by atoms with Crippen LogP contribution in [0.4, 0.5) is 0 Å². The fourth-order valence-electron chi connectivity index (χ4n) is 1.80. The molecule has 1 fully saturated rings. The van der Waals surface area contributed by atoms with E-state index < -0.39 is 0 Å². The molecule has 0 bridgehead atoms. The first-order valence-electron chi connectivity index (χ1n) is 5.29. The van der Waals surface area contributed by atoms with Gasteiger partial charge >= 0.3 is 0 Å². The minimum atomic E-state index is 0.538. The predicted octanol–water partition coefficient (Wildman–Crippen LogP) is 1.55. The van der Waals surface area contributed by atoms with E-state index in [1.807, 2.05) is 12.3 Å². The van der Waals surface area contributed by atoms with Gasteiger partial charge in [0.05, 0.1) is 12.8 Å². The van der Waals surface area contributed by atoms with Gasteiger partial charge in [0, 0.05) is 18.3 Å². The van der Waals surface area contributed by atoms with Crippen LogP contribution in [0.2, 0.25) is 0 Å². The standard InChI is InChI=1S/C11H12N4O/c1-16-11-10(15-6-2-5-14-15)9(8-3-4-8)12-7-13-11/h2,5-8H,3-4H2,1H3. The van der Waals surface area contributed by atoms with Gasteiger partial charge in [0.25, 0.3) is 0 Å². The van der Waals surface area contributed by atoms with Gasteiger partial charge in [-0.25, -0.2) is 9.67 Å². The van der Waals surface area contributed by atoms with E-state index in [0.29, 0.717) is 11.8 Å². The molecule has 0 aliphatic heterocycles. The monoisotopic (exact) mass is 216 g/mol. The van der Waals surface area contributed by atoms with Gasteiger partial charge in [0.2, 0.25) is 5.88 Å². The molecule has 1 aliphatic rings. The molecule has 0 amide bonds. The molecule has 0 unspecified atom stereocenters. The SMILES string of the molecule is COc1ncnc(C2CC2)c1-n1cccn1. The quantitative estimate of drug-likeness (QED) is 0.781. The van der Waals surface area contributed by atoms with Gasteiger partial charge < -0.3 is 4.74 Å². The molecule has 2 aromatic heterocycles. The highest BCUT2D eigenvalue weighted by Gasteiger charge is 2.30. The second-order valence-corrected chi connectivity index (χ2v) is 3.84. The lowest BCUT2D eigenvalue weighted by Gasteiger charge is -2.10. The Morgan fingerprint density at radius 3 is 2.88 bits per heavy atom.